The lowest BCUT2D eigenvalue weighted by molar-refractivity contribution is 0.296. The summed E-state index contributed by atoms with van der Waals surface area (Å²) >= 11 is 0. The lowest BCUT2D eigenvalue weighted by Gasteiger charge is -2.05. The lowest BCUT2D eigenvalue weighted by atomic mass is 10.1. The van der Waals surface area contributed by atoms with Crippen LogP contribution in [0.5, 0.6) is 0 Å². The molecular weight excluding hydrogens is 212 g/mol. The lowest BCUT2D eigenvalue weighted by Crippen LogP contribution is -2.02. The standard InChI is InChI=1S/C14H18N2O/c1-10-4-6-12(7-5-10)14-15-11(2)13(8-9-17)16(14)3/h4-7,17H,8-9H2,1-3H3. The van der Waals surface area contributed by atoms with Crippen molar-refractivity contribution in [1.29, 1.82) is 0 Å². The van der Waals surface area contributed by atoms with Crippen LogP contribution in [0.25, 0.3) is 11.4 Å². The van der Waals surface area contributed by atoms with Crippen LogP contribution in [0.4, 0.5) is 0 Å². The van der Waals surface area contributed by atoms with Crippen molar-refractivity contribution in [2.75, 3.05) is 6.61 Å². The van der Waals surface area contributed by atoms with Crippen LogP contribution >= 0.6 is 0 Å². The average Bonchev–Trinajstić information content (AvgIpc) is 2.59. The molecule has 1 heterocycles. The molecule has 17 heavy (non-hydrogen) atoms. The average molecular weight is 230 g/mol. The Kier molecular flexibility index (Phi) is 3.29. The van der Waals surface area contributed by atoms with Gasteiger partial charge in [0.2, 0.25) is 0 Å². The van der Waals surface area contributed by atoms with Crippen LogP contribution in [0.15, 0.2) is 24.3 Å². The van der Waals surface area contributed by atoms with E-state index in [1.54, 1.807) is 0 Å². The van der Waals surface area contributed by atoms with Crippen LogP contribution in [0, 0.1) is 13.8 Å². The Hall–Kier alpha value is -1.61. The Labute approximate surface area is 102 Å². The third-order valence-corrected chi connectivity index (χ3v) is 3.07. The van der Waals surface area contributed by atoms with Crippen LogP contribution in [-0.2, 0) is 13.5 Å². The molecule has 1 aromatic carbocycles. The number of rotatable bonds is 3. The maximum Gasteiger partial charge on any atom is 0.140 e. The molecule has 0 unspecified atom stereocenters. The molecule has 0 spiro atoms. The second-order valence-corrected chi connectivity index (χ2v) is 4.37. The van der Waals surface area contributed by atoms with Crippen molar-refractivity contribution >= 4 is 0 Å². The number of aliphatic hydroxyl groups is 1. The summed E-state index contributed by atoms with van der Waals surface area (Å²) in [5.74, 6) is 0.964. The molecule has 0 atom stereocenters. The Morgan fingerprint density at radius 2 is 1.82 bits per heavy atom. The Bertz CT molecular complexity index is 512. The number of nitrogens with zero attached hydrogens (tertiary/aromatic N) is 2. The second-order valence-electron chi connectivity index (χ2n) is 4.37. The van der Waals surface area contributed by atoms with E-state index in [9.17, 15) is 0 Å². The van der Waals surface area contributed by atoms with Crippen LogP contribution in [0.2, 0.25) is 0 Å². The Balaban J connectivity index is 2.46. The predicted molar refractivity (Wildman–Crippen MR) is 68.9 cm³/mol. The van der Waals surface area contributed by atoms with Gasteiger partial charge in [0.15, 0.2) is 0 Å². The Morgan fingerprint density at radius 1 is 1.18 bits per heavy atom. The largest absolute Gasteiger partial charge is 0.396 e. The number of aryl methyl sites for hydroxylation is 2. The van der Waals surface area contributed by atoms with Crippen LogP contribution < -0.4 is 0 Å². The van der Waals surface area contributed by atoms with Gasteiger partial charge in [-0.2, -0.15) is 0 Å². The minimum atomic E-state index is 0.160. The molecule has 0 bridgehead atoms. The highest BCUT2D eigenvalue weighted by molar-refractivity contribution is 5.57. The minimum absolute atomic E-state index is 0.160. The summed E-state index contributed by atoms with van der Waals surface area (Å²) in [6, 6.07) is 8.34. The quantitative estimate of drug-likeness (QED) is 0.878. The molecule has 3 heteroatoms. The van der Waals surface area contributed by atoms with E-state index < -0.39 is 0 Å². The molecule has 90 valence electrons. The summed E-state index contributed by atoms with van der Waals surface area (Å²) < 4.78 is 2.07. The van der Waals surface area contributed by atoms with Gasteiger partial charge < -0.3 is 9.67 Å². The van der Waals surface area contributed by atoms with Crippen molar-refractivity contribution in [3.8, 4) is 11.4 Å². The van der Waals surface area contributed by atoms with E-state index in [1.807, 2.05) is 14.0 Å². The second kappa shape index (κ2) is 4.72. The number of aromatic nitrogens is 2. The van der Waals surface area contributed by atoms with Crippen molar-refractivity contribution in [2.45, 2.75) is 20.3 Å². The molecule has 0 fully saturated rings. The first-order valence-corrected chi connectivity index (χ1v) is 5.83. The first-order valence-electron chi connectivity index (χ1n) is 5.83. The van der Waals surface area contributed by atoms with Gasteiger partial charge >= 0.3 is 0 Å². The van der Waals surface area contributed by atoms with E-state index in [-0.39, 0.29) is 6.61 Å². The molecule has 1 N–H and O–H groups in total. The van der Waals surface area contributed by atoms with Gasteiger partial charge in [0.1, 0.15) is 5.82 Å². The fourth-order valence-corrected chi connectivity index (χ4v) is 2.08. The maximum atomic E-state index is 9.04. The molecule has 2 aromatic rings. The zero-order chi connectivity index (χ0) is 12.4. The summed E-state index contributed by atoms with van der Waals surface area (Å²) in [5, 5.41) is 9.04. The summed E-state index contributed by atoms with van der Waals surface area (Å²) in [4.78, 5) is 4.58. The molecular formula is C14H18N2O. The zero-order valence-corrected chi connectivity index (χ0v) is 10.6. The summed E-state index contributed by atoms with van der Waals surface area (Å²) in [6.45, 7) is 4.22. The predicted octanol–water partition coefficient (Wildman–Crippen LogP) is 2.24. The summed E-state index contributed by atoms with van der Waals surface area (Å²) in [5.41, 5.74) is 4.46. The van der Waals surface area contributed by atoms with E-state index >= 15 is 0 Å². The van der Waals surface area contributed by atoms with Gasteiger partial charge in [-0.15, -0.1) is 0 Å². The molecule has 0 radical (unpaired) electrons. The minimum Gasteiger partial charge on any atom is -0.396 e. The highest BCUT2D eigenvalue weighted by Crippen LogP contribution is 2.21. The van der Waals surface area contributed by atoms with E-state index in [0.717, 1.165) is 22.8 Å². The molecule has 3 nitrogen and oxygen atoms in total. The van der Waals surface area contributed by atoms with Gasteiger partial charge in [-0.1, -0.05) is 29.8 Å². The van der Waals surface area contributed by atoms with Crippen molar-refractivity contribution in [3.63, 3.8) is 0 Å². The fraction of sp³-hybridized carbons (Fsp3) is 0.357. The molecule has 0 aliphatic heterocycles. The van der Waals surface area contributed by atoms with E-state index in [4.69, 9.17) is 5.11 Å². The summed E-state index contributed by atoms with van der Waals surface area (Å²) in [6.07, 6.45) is 0.654. The third kappa shape index (κ3) is 2.24. The van der Waals surface area contributed by atoms with Gasteiger partial charge in [-0.05, 0) is 13.8 Å². The molecule has 0 amide bonds. The molecule has 0 saturated carbocycles. The molecule has 0 aliphatic rings. The van der Waals surface area contributed by atoms with Gasteiger partial charge in [0.25, 0.3) is 0 Å². The highest BCUT2D eigenvalue weighted by atomic mass is 16.3. The molecule has 1 aromatic heterocycles. The normalized spacial score (nSPS) is 10.8. The van der Waals surface area contributed by atoms with E-state index in [1.165, 1.54) is 5.56 Å². The van der Waals surface area contributed by atoms with E-state index in [2.05, 4.69) is 40.7 Å². The van der Waals surface area contributed by atoms with Crippen molar-refractivity contribution in [3.05, 3.63) is 41.2 Å². The van der Waals surface area contributed by atoms with Gasteiger partial charge in [-0.25, -0.2) is 4.98 Å². The van der Waals surface area contributed by atoms with Crippen molar-refractivity contribution in [2.24, 2.45) is 7.05 Å². The van der Waals surface area contributed by atoms with Crippen LogP contribution in [0.3, 0.4) is 0 Å². The molecule has 0 saturated heterocycles. The number of hydrogen-bond acceptors (Lipinski definition) is 2. The fourth-order valence-electron chi connectivity index (χ4n) is 2.08. The topological polar surface area (TPSA) is 38.1 Å². The first kappa shape index (κ1) is 11.9. The van der Waals surface area contributed by atoms with Crippen LogP contribution in [0.1, 0.15) is 17.0 Å². The van der Waals surface area contributed by atoms with Crippen molar-refractivity contribution < 1.29 is 5.11 Å². The number of aliphatic hydroxyl groups excluding tert-OH is 1. The van der Waals surface area contributed by atoms with Crippen LogP contribution in [-0.4, -0.2) is 21.3 Å². The summed E-state index contributed by atoms with van der Waals surface area (Å²) in [7, 11) is 2.00. The number of imidazole rings is 1. The monoisotopic (exact) mass is 230 g/mol. The number of benzene rings is 1. The number of hydrogen-bond donors (Lipinski definition) is 1. The smallest absolute Gasteiger partial charge is 0.140 e. The van der Waals surface area contributed by atoms with E-state index in [0.29, 0.717) is 6.42 Å². The SMILES string of the molecule is Cc1ccc(-c2nc(C)c(CCO)n2C)cc1. The third-order valence-electron chi connectivity index (χ3n) is 3.07. The molecule has 0 aliphatic carbocycles. The Morgan fingerprint density at radius 3 is 2.41 bits per heavy atom. The zero-order valence-electron chi connectivity index (χ0n) is 10.6. The molecule has 2 rings (SSSR count). The van der Waals surface area contributed by atoms with Crippen molar-refractivity contribution in [1.82, 2.24) is 9.55 Å². The highest BCUT2D eigenvalue weighted by Gasteiger charge is 2.12. The van der Waals surface area contributed by atoms with Gasteiger partial charge in [0.05, 0.1) is 5.69 Å². The first-order chi connectivity index (χ1) is 8.13. The maximum absolute atomic E-state index is 9.04. The van der Waals surface area contributed by atoms with Gasteiger partial charge in [0, 0.05) is 31.3 Å². The van der Waals surface area contributed by atoms with Gasteiger partial charge in [-0.3, -0.25) is 0 Å².